The van der Waals surface area contributed by atoms with Gasteiger partial charge in [0, 0.05) is 12.5 Å². The van der Waals surface area contributed by atoms with Crippen molar-refractivity contribution in [3.63, 3.8) is 0 Å². The molecule has 0 saturated carbocycles. The number of benzene rings is 2. The van der Waals surface area contributed by atoms with Gasteiger partial charge in [0.2, 0.25) is 0 Å². The Balaban J connectivity index is 2.16. The summed E-state index contributed by atoms with van der Waals surface area (Å²) in [6.45, 7) is 3.39. The monoisotopic (exact) mass is 330 g/mol. The molecule has 0 aliphatic rings. The molecule has 4 N–H and O–H groups in total. The lowest BCUT2D eigenvalue weighted by molar-refractivity contribution is 0.0162. The van der Waals surface area contributed by atoms with E-state index < -0.39 is 12.2 Å². The van der Waals surface area contributed by atoms with Crippen molar-refractivity contribution in [1.82, 2.24) is 0 Å². The van der Waals surface area contributed by atoms with Crippen molar-refractivity contribution >= 4 is 0 Å². The highest BCUT2D eigenvalue weighted by Crippen LogP contribution is 2.30. The molecule has 0 amide bonds. The van der Waals surface area contributed by atoms with Gasteiger partial charge in [-0.15, -0.1) is 0 Å². The molecule has 0 saturated heterocycles. The second-order valence-electron chi connectivity index (χ2n) is 5.81. The minimum atomic E-state index is -1.52. The summed E-state index contributed by atoms with van der Waals surface area (Å²) in [5.41, 5.74) is 0.199. The van der Waals surface area contributed by atoms with E-state index >= 15 is 0 Å². The summed E-state index contributed by atoms with van der Waals surface area (Å²) in [7, 11) is 1.51. The smallest absolute Gasteiger partial charge is 0.122 e. The molecule has 2 aromatic rings. The van der Waals surface area contributed by atoms with E-state index in [-0.39, 0.29) is 24.3 Å². The minimum Gasteiger partial charge on any atom is -0.508 e. The van der Waals surface area contributed by atoms with Crippen LogP contribution in [0.1, 0.15) is 11.1 Å². The maximum absolute atomic E-state index is 10.7. The number of hydrogen-bond donors (Lipinski definition) is 4. The highest BCUT2D eigenvalue weighted by molar-refractivity contribution is 5.42. The van der Waals surface area contributed by atoms with Crippen LogP contribution in [0.3, 0.4) is 0 Å². The lowest BCUT2D eigenvalue weighted by atomic mass is 9.85. The lowest BCUT2D eigenvalue weighted by Gasteiger charge is -2.29. The fraction of sp³-hybridized carbons (Fsp3) is 0.263. The van der Waals surface area contributed by atoms with Gasteiger partial charge in [0.15, 0.2) is 0 Å². The first kappa shape index (κ1) is 17.8. The van der Waals surface area contributed by atoms with Crippen LogP contribution in [-0.2, 0) is 12.8 Å². The Labute approximate surface area is 141 Å². The van der Waals surface area contributed by atoms with Crippen LogP contribution in [0.25, 0.3) is 0 Å². The summed E-state index contributed by atoms with van der Waals surface area (Å²) in [5, 5.41) is 39.8. The van der Waals surface area contributed by atoms with Gasteiger partial charge < -0.3 is 25.2 Å². The van der Waals surface area contributed by atoms with Crippen LogP contribution >= 0.6 is 0 Å². The van der Waals surface area contributed by atoms with Gasteiger partial charge >= 0.3 is 0 Å². The fourth-order valence-electron chi connectivity index (χ4n) is 2.46. The zero-order valence-corrected chi connectivity index (χ0v) is 13.6. The molecule has 24 heavy (non-hydrogen) atoms. The molecule has 2 rings (SSSR count). The summed E-state index contributed by atoms with van der Waals surface area (Å²) in [4.78, 5) is 0. The fourth-order valence-corrected chi connectivity index (χ4v) is 2.46. The second-order valence-corrected chi connectivity index (χ2v) is 5.81. The number of aliphatic hydroxyl groups is 2. The molecule has 0 radical (unpaired) electrons. The number of rotatable bonds is 7. The zero-order chi connectivity index (χ0) is 17.7. The molecule has 1 unspecified atom stereocenters. The largest absolute Gasteiger partial charge is 0.508 e. The third-order valence-corrected chi connectivity index (χ3v) is 4.05. The van der Waals surface area contributed by atoms with Crippen LogP contribution in [0.5, 0.6) is 17.2 Å². The molecule has 5 nitrogen and oxygen atoms in total. The van der Waals surface area contributed by atoms with Gasteiger partial charge in [-0.2, -0.15) is 0 Å². The Morgan fingerprint density at radius 1 is 1.12 bits per heavy atom. The predicted octanol–water partition coefficient (Wildman–Crippen LogP) is 2.17. The molecule has 0 aliphatic carbocycles. The summed E-state index contributed by atoms with van der Waals surface area (Å²) in [6, 6.07) is 11.3. The summed E-state index contributed by atoms with van der Waals surface area (Å²) < 4.78 is 5.04. The summed E-state index contributed by atoms with van der Waals surface area (Å²) in [5.74, 6) is 0.706. The standard InChI is InChI=1S/C19H22O5/c1-13(9-15-5-8-17(24-2)10-18(15)22)19(23,12-20)11-14-3-6-16(21)7-4-14/h3-8,10,20-23H,1,9,11-12H2,2H3. The van der Waals surface area contributed by atoms with Crippen molar-refractivity contribution in [2.24, 2.45) is 0 Å². The number of ether oxygens (including phenoxy) is 1. The van der Waals surface area contributed by atoms with Gasteiger partial charge in [-0.1, -0.05) is 24.8 Å². The van der Waals surface area contributed by atoms with Crippen molar-refractivity contribution in [3.05, 3.63) is 65.7 Å². The quantitative estimate of drug-likeness (QED) is 0.584. The minimum absolute atomic E-state index is 0.0421. The third-order valence-electron chi connectivity index (χ3n) is 4.05. The first-order chi connectivity index (χ1) is 11.4. The molecule has 128 valence electrons. The van der Waals surface area contributed by atoms with Crippen LogP contribution in [-0.4, -0.2) is 39.7 Å². The van der Waals surface area contributed by atoms with E-state index in [4.69, 9.17) is 4.74 Å². The van der Waals surface area contributed by atoms with Crippen LogP contribution in [0.15, 0.2) is 54.6 Å². The van der Waals surface area contributed by atoms with Crippen molar-refractivity contribution in [2.75, 3.05) is 13.7 Å². The van der Waals surface area contributed by atoms with Gasteiger partial charge in [0.1, 0.15) is 22.8 Å². The van der Waals surface area contributed by atoms with E-state index in [0.717, 1.165) is 5.56 Å². The lowest BCUT2D eigenvalue weighted by Crippen LogP contribution is -2.38. The topological polar surface area (TPSA) is 90.2 Å². The van der Waals surface area contributed by atoms with E-state index in [2.05, 4.69) is 6.58 Å². The van der Waals surface area contributed by atoms with Crippen LogP contribution in [0, 0.1) is 0 Å². The average Bonchev–Trinajstić information content (AvgIpc) is 2.58. The van der Waals surface area contributed by atoms with E-state index in [1.54, 1.807) is 24.3 Å². The first-order valence-corrected chi connectivity index (χ1v) is 7.53. The highest BCUT2D eigenvalue weighted by atomic mass is 16.5. The van der Waals surface area contributed by atoms with Crippen molar-refractivity contribution in [2.45, 2.75) is 18.4 Å². The van der Waals surface area contributed by atoms with E-state index in [9.17, 15) is 20.4 Å². The Bertz CT molecular complexity index is 708. The third kappa shape index (κ3) is 4.07. The van der Waals surface area contributed by atoms with Crippen molar-refractivity contribution < 1.29 is 25.2 Å². The number of methoxy groups -OCH3 is 1. The normalized spacial score (nSPS) is 13.3. The molecule has 0 aliphatic heterocycles. The van der Waals surface area contributed by atoms with Gasteiger partial charge in [-0.25, -0.2) is 0 Å². The van der Waals surface area contributed by atoms with Crippen LogP contribution in [0.4, 0.5) is 0 Å². The molecule has 0 fully saturated rings. The molecular weight excluding hydrogens is 308 g/mol. The predicted molar refractivity (Wildman–Crippen MR) is 91.3 cm³/mol. The summed E-state index contributed by atoms with van der Waals surface area (Å²) >= 11 is 0. The Kier molecular flexibility index (Phi) is 5.49. The molecular formula is C19H22O5. The van der Waals surface area contributed by atoms with E-state index in [0.29, 0.717) is 16.9 Å². The molecule has 0 spiro atoms. The van der Waals surface area contributed by atoms with Gasteiger partial charge in [-0.05, 0) is 41.3 Å². The van der Waals surface area contributed by atoms with Crippen molar-refractivity contribution in [1.29, 1.82) is 0 Å². The highest BCUT2D eigenvalue weighted by Gasteiger charge is 2.30. The van der Waals surface area contributed by atoms with Crippen LogP contribution in [0.2, 0.25) is 0 Å². The first-order valence-electron chi connectivity index (χ1n) is 7.53. The molecule has 0 bridgehead atoms. The average molecular weight is 330 g/mol. The maximum atomic E-state index is 10.7. The SMILES string of the molecule is C=C(Cc1ccc(OC)cc1O)C(O)(CO)Cc1ccc(O)cc1. The number of phenolic OH excluding ortho intramolecular Hbond substituents is 2. The second kappa shape index (κ2) is 7.38. The molecule has 0 heterocycles. The van der Waals surface area contributed by atoms with Gasteiger partial charge in [-0.3, -0.25) is 0 Å². The van der Waals surface area contributed by atoms with Crippen molar-refractivity contribution in [3.8, 4) is 17.2 Å². The van der Waals surface area contributed by atoms with Gasteiger partial charge in [0.25, 0.3) is 0 Å². The Morgan fingerprint density at radius 2 is 1.79 bits per heavy atom. The number of phenols is 2. The van der Waals surface area contributed by atoms with Gasteiger partial charge in [0.05, 0.1) is 13.7 Å². The number of aliphatic hydroxyl groups excluding tert-OH is 1. The number of hydrogen-bond acceptors (Lipinski definition) is 5. The van der Waals surface area contributed by atoms with E-state index in [1.165, 1.54) is 25.3 Å². The summed E-state index contributed by atoms with van der Waals surface area (Å²) in [6.07, 6.45) is 0.366. The molecule has 5 heteroatoms. The number of aromatic hydroxyl groups is 2. The zero-order valence-electron chi connectivity index (χ0n) is 13.6. The Hall–Kier alpha value is -2.50. The Morgan fingerprint density at radius 3 is 2.33 bits per heavy atom. The molecule has 1 atom stereocenters. The molecule has 2 aromatic carbocycles. The maximum Gasteiger partial charge on any atom is 0.122 e. The van der Waals surface area contributed by atoms with E-state index in [1.807, 2.05) is 0 Å². The molecule has 0 aromatic heterocycles. The van der Waals surface area contributed by atoms with Crippen LogP contribution < -0.4 is 4.74 Å².